The van der Waals surface area contributed by atoms with Crippen molar-refractivity contribution >= 4 is 17.5 Å². The van der Waals surface area contributed by atoms with Crippen LogP contribution >= 0.6 is 11.6 Å². The lowest BCUT2D eigenvalue weighted by Crippen LogP contribution is -2.24. The zero-order valence-corrected chi connectivity index (χ0v) is 11.2. The third-order valence-corrected chi connectivity index (χ3v) is 2.87. The number of ether oxygens (including phenoxy) is 1. The van der Waals surface area contributed by atoms with Crippen molar-refractivity contribution in [2.75, 3.05) is 7.11 Å². The van der Waals surface area contributed by atoms with Gasteiger partial charge >= 0.3 is 0 Å². The van der Waals surface area contributed by atoms with Crippen molar-refractivity contribution in [1.82, 2.24) is 15.5 Å². The Morgan fingerprint density at radius 1 is 1.53 bits per heavy atom. The van der Waals surface area contributed by atoms with Gasteiger partial charge < -0.3 is 10.1 Å². The molecule has 0 bridgehead atoms. The highest BCUT2D eigenvalue weighted by Crippen LogP contribution is 2.22. The van der Waals surface area contributed by atoms with E-state index in [0.29, 0.717) is 17.3 Å². The van der Waals surface area contributed by atoms with E-state index in [4.69, 9.17) is 16.3 Å². The largest absolute Gasteiger partial charge is 0.496 e. The van der Waals surface area contributed by atoms with E-state index in [1.54, 1.807) is 37.7 Å². The molecular formula is C13H14ClN3O2. The molecule has 0 radical (unpaired) electrons. The van der Waals surface area contributed by atoms with Crippen LogP contribution < -0.4 is 10.1 Å². The Bertz CT molecular complexity index is 555. The number of hydrogen-bond donors (Lipinski definition) is 2. The minimum absolute atomic E-state index is 0.0956. The normalized spacial score (nSPS) is 10.2. The van der Waals surface area contributed by atoms with Crippen LogP contribution in [0.15, 0.2) is 30.6 Å². The molecule has 0 aliphatic carbocycles. The lowest BCUT2D eigenvalue weighted by Gasteiger charge is -2.09. The first-order valence-electron chi connectivity index (χ1n) is 5.76. The quantitative estimate of drug-likeness (QED) is 0.879. The summed E-state index contributed by atoms with van der Waals surface area (Å²) in [7, 11) is 1.57. The summed E-state index contributed by atoms with van der Waals surface area (Å²) in [6.45, 7) is 0.443. The number of amides is 1. The van der Waals surface area contributed by atoms with Gasteiger partial charge in [-0.15, -0.1) is 0 Å². The van der Waals surface area contributed by atoms with Crippen molar-refractivity contribution < 1.29 is 9.53 Å². The van der Waals surface area contributed by atoms with E-state index in [-0.39, 0.29) is 12.3 Å². The molecule has 1 aromatic heterocycles. The number of rotatable bonds is 5. The van der Waals surface area contributed by atoms with Gasteiger partial charge in [0.15, 0.2) is 0 Å². The first-order chi connectivity index (χ1) is 9.19. The molecule has 100 valence electrons. The van der Waals surface area contributed by atoms with Gasteiger partial charge in [-0.3, -0.25) is 9.89 Å². The maximum absolute atomic E-state index is 11.8. The predicted molar refractivity (Wildman–Crippen MR) is 72.1 cm³/mol. The molecule has 0 aliphatic rings. The number of halogens is 1. The molecule has 0 saturated heterocycles. The Morgan fingerprint density at radius 2 is 2.37 bits per heavy atom. The number of aromatic nitrogens is 2. The van der Waals surface area contributed by atoms with E-state index >= 15 is 0 Å². The molecule has 2 aromatic rings. The summed E-state index contributed by atoms with van der Waals surface area (Å²) in [6.07, 6.45) is 3.63. The van der Waals surface area contributed by atoms with Crippen LogP contribution in [0.5, 0.6) is 5.75 Å². The second-order valence-corrected chi connectivity index (χ2v) is 4.45. The van der Waals surface area contributed by atoms with Gasteiger partial charge in [-0.05, 0) is 18.2 Å². The summed E-state index contributed by atoms with van der Waals surface area (Å²) in [5.41, 5.74) is 1.69. The van der Waals surface area contributed by atoms with E-state index in [1.807, 2.05) is 0 Å². The Morgan fingerprint density at radius 3 is 3.05 bits per heavy atom. The highest BCUT2D eigenvalue weighted by Gasteiger charge is 2.09. The van der Waals surface area contributed by atoms with Crippen molar-refractivity contribution in [3.05, 3.63) is 46.7 Å². The first kappa shape index (κ1) is 13.4. The summed E-state index contributed by atoms with van der Waals surface area (Å²) >= 11 is 5.92. The van der Waals surface area contributed by atoms with E-state index in [2.05, 4.69) is 15.5 Å². The fraction of sp³-hybridized carbons (Fsp3) is 0.231. The minimum Gasteiger partial charge on any atom is -0.496 e. The molecule has 19 heavy (non-hydrogen) atoms. The molecule has 1 amide bonds. The SMILES string of the molecule is COc1ccc(Cl)cc1CC(=O)NCc1cn[nH]c1. The lowest BCUT2D eigenvalue weighted by atomic mass is 10.1. The number of nitrogens with one attached hydrogen (secondary N) is 2. The molecule has 2 rings (SSSR count). The third-order valence-electron chi connectivity index (χ3n) is 2.64. The second-order valence-electron chi connectivity index (χ2n) is 4.02. The highest BCUT2D eigenvalue weighted by molar-refractivity contribution is 6.30. The van der Waals surface area contributed by atoms with E-state index in [9.17, 15) is 4.79 Å². The molecule has 1 heterocycles. The summed E-state index contributed by atoms with van der Waals surface area (Å²) in [6, 6.07) is 5.21. The first-order valence-corrected chi connectivity index (χ1v) is 6.13. The number of carbonyl (C=O) groups is 1. The Kier molecular flexibility index (Phi) is 4.41. The maximum atomic E-state index is 11.8. The number of benzene rings is 1. The van der Waals surface area contributed by atoms with Gasteiger partial charge in [0.2, 0.25) is 5.91 Å². The molecule has 5 nitrogen and oxygen atoms in total. The highest BCUT2D eigenvalue weighted by atomic mass is 35.5. The molecular weight excluding hydrogens is 266 g/mol. The molecule has 0 unspecified atom stereocenters. The number of H-pyrrole nitrogens is 1. The molecule has 0 spiro atoms. The van der Waals surface area contributed by atoms with Crippen LogP contribution in [-0.2, 0) is 17.8 Å². The number of methoxy groups -OCH3 is 1. The van der Waals surface area contributed by atoms with Gasteiger partial charge in [0.1, 0.15) is 5.75 Å². The maximum Gasteiger partial charge on any atom is 0.224 e. The van der Waals surface area contributed by atoms with Crippen LogP contribution in [0.4, 0.5) is 0 Å². The van der Waals surface area contributed by atoms with E-state index in [0.717, 1.165) is 11.1 Å². The molecule has 0 saturated carbocycles. The average molecular weight is 280 g/mol. The van der Waals surface area contributed by atoms with Crippen LogP contribution in [0.1, 0.15) is 11.1 Å². The summed E-state index contributed by atoms with van der Waals surface area (Å²) < 4.78 is 5.20. The van der Waals surface area contributed by atoms with Crippen LogP contribution in [0.25, 0.3) is 0 Å². The number of hydrogen-bond acceptors (Lipinski definition) is 3. The summed E-state index contributed by atoms with van der Waals surface area (Å²) in [4.78, 5) is 11.8. The number of carbonyl (C=O) groups excluding carboxylic acids is 1. The Hall–Kier alpha value is -2.01. The molecule has 0 atom stereocenters. The monoisotopic (exact) mass is 279 g/mol. The van der Waals surface area contributed by atoms with Gasteiger partial charge in [0.25, 0.3) is 0 Å². The van der Waals surface area contributed by atoms with Crippen molar-refractivity contribution in [1.29, 1.82) is 0 Å². The van der Waals surface area contributed by atoms with Crippen molar-refractivity contribution in [3.63, 3.8) is 0 Å². The van der Waals surface area contributed by atoms with Crippen LogP contribution in [0.2, 0.25) is 5.02 Å². The third kappa shape index (κ3) is 3.72. The molecule has 0 fully saturated rings. The van der Waals surface area contributed by atoms with Gasteiger partial charge in [-0.1, -0.05) is 11.6 Å². The number of aromatic amines is 1. The van der Waals surface area contributed by atoms with Gasteiger partial charge in [0, 0.05) is 28.9 Å². The predicted octanol–water partition coefficient (Wildman–Crippen LogP) is 1.93. The van der Waals surface area contributed by atoms with Crippen molar-refractivity contribution in [2.45, 2.75) is 13.0 Å². The molecule has 0 aliphatic heterocycles. The van der Waals surface area contributed by atoms with Crippen LogP contribution in [0, 0.1) is 0 Å². The Labute approximate surface area is 115 Å². The lowest BCUT2D eigenvalue weighted by molar-refractivity contribution is -0.120. The summed E-state index contributed by atoms with van der Waals surface area (Å²) in [5, 5.41) is 9.89. The minimum atomic E-state index is -0.0956. The molecule has 1 aromatic carbocycles. The zero-order valence-electron chi connectivity index (χ0n) is 10.4. The van der Waals surface area contributed by atoms with Gasteiger partial charge in [-0.2, -0.15) is 5.10 Å². The smallest absolute Gasteiger partial charge is 0.224 e. The second kappa shape index (κ2) is 6.24. The topological polar surface area (TPSA) is 67.0 Å². The fourth-order valence-corrected chi connectivity index (χ4v) is 1.89. The van der Waals surface area contributed by atoms with Crippen molar-refractivity contribution in [3.8, 4) is 5.75 Å². The average Bonchev–Trinajstić information content (AvgIpc) is 2.90. The van der Waals surface area contributed by atoms with Crippen molar-refractivity contribution in [2.24, 2.45) is 0 Å². The van der Waals surface area contributed by atoms with Crippen LogP contribution in [-0.4, -0.2) is 23.2 Å². The molecule has 6 heteroatoms. The standard InChI is InChI=1S/C13H14ClN3O2/c1-19-12-3-2-11(14)4-10(12)5-13(18)15-6-9-7-16-17-8-9/h2-4,7-8H,5-6H2,1H3,(H,15,18)(H,16,17). The van der Waals surface area contributed by atoms with E-state index < -0.39 is 0 Å². The van der Waals surface area contributed by atoms with Crippen LogP contribution in [0.3, 0.4) is 0 Å². The van der Waals surface area contributed by atoms with E-state index in [1.165, 1.54) is 0 Å². The van der Waals surface area contributed by atoms with Gasteiger partial charge in [0.05, 0.1) is 19.7 Å². The molecule has 2 N–H and O–H groups in total. The fourth-order valence-electron chi connectivity index (χ4n) is 1.70. The zero-order chi connectivity index (χ0) is 13.7. The Balaban J connectivity index is 1.96. The number of nitrogens with zero attached hydrogens (tertiary/aromatic N) is 1. The van der Waals surface area contributed by atoms with Gasteiger partial charge in [-0.25, -0.2) is 0 Å². The summed E-state index contributed by atoms with van der Waals surface area (Å²) in [5.74, 6) is 0.560.